The van der Waals surface area contributed by atoms with E-state index in [2.05, 4.69) is 28.6 Å². The molecule has 1 fully saturated rings. The Labute approximate surface area is 96.7 Å². The third-order valence-electron chi connectivity index (χ3n) is 4.07. The van der Waals surface area contributed by atoms with E-state index in [4.69, 9.17) is 0 Å². The summed E-state index contributed by atoms with van der Waals surface area (Å²) < 4.78 is 0. The molecule has 86 valence electrons. The molecule has 3 heteroatoms. The summed E-state index contributed by atoms with van der Waals surface area (Å²) >= 11 is 0. The summed E-state index contributed by atoms with van der Waals surface area (Å²) in [5, 5.41) is 7.24. The Hall–Kier alpha value is -1.25. The largest absolute Gasteiger partial charge is 0.380 e. The van der Waals surface area contributed by atoms with Crippen LogP contribution in [0.2, 0.25) is 0 Å². The number of aromatic nitrogens is 1. The number of anilines is 2. The van der Waals surface area contributed by atoms with Gasteiger partial charge >= 0.3 is 0 Å². The van der Waals surface area contributed by atoms with Crippen LogP contribution in [0.15, 0.2) is 18.5 Å². The molecular weight excluding hydrogens is 198 g/mol. The summed E-state index contributed by atoms with van der Waals surface area (Å²) in [6.07, 6.45) is 9.01. The van der Waals surface area contributed by atoms with Crippen molar-refractivity contribution in [2.45, 2.75) is 38.1 Å². The number of pyridine rings is 1. The Morgan fingerprint density at radius 3 is 2.94 bits per heavy atom. The minimum absolute atomic E-state index is 0.293. The topological polar surface area (TPSA) is 37.0 Å². The predicted molar refractivity (Wildman–Crippen MR) is 66.7 cm³/mol. The second-order valence-corrected chi connectivity index (χ2v) is 5.36. The van der Waals surface area contributed by atoms with Gasteiger partial charge in [-0.2, -0.15) is 0 Å². The van der Waals surface area contributed by atoms with Gasteiger partial charge in [0.2, 0.25) is 0 Å². The Morgan fingerprint density at radius 2 is 2.12 bits per heavy atom. The normalized spacial score (nSPS) is 32.7. The quantitative estimate of drug-likeness (QED) is 0.701. The minimum atomic E-state index is 0.293. The highest BCUT2D eigenvalue weighted by molar-refractivity contribution is 5.70. The lowest BCUT2D eigenvalue weighted by molar-refractivity contribution is 0.274. The van der Waals surface area contributed by atoms with E-state index in [1.807, 2.05) is 12.4 Å². The molecule has 0 radical (unpaired) electrons. The van der Waals surface area contributed by atoms with Crippen molar-refractivity contribution in [3.05, 3.63) is 18.5 Å². The molecule has 2 aliphatic rings. The number of hydrogen-bond donors (Lipinski definition) is 2. The fourth-order valence-corrected chi connectivity index (χ4v) is 2.86. The standard InChI is InChI=1S/C13H19N3/c1-10-2-5-13(6-3-10)9-15-12-8-14-7-4-11(12)16-13/h4,7-8,10,15-16H,2-3,5-6,9H2,1H3. The number of nitrogens with zero attached hydrogens (tertiary/aromatic N) is 1. The van der Waals surface area contributed by atoms with Gasteiger partial charge in [0, 0.05) is 12.7 Å². The molecule has 1 spiro atoms. The number of fused-ring (bicyclic) bond motifs is 1. The van der Waals surface area contributed by atoms with Crippen LogP contribution in [0.4, 0.5) is 11.4 Å². The molecule has 1 saturated carbocycles. The van der Waals surface area contributed by atoms with Gasteiger partial charge in [-0.15, -0.1) is 0 Å². The van der Waals surface area contributed by atoms with E-state index in [0.717, 1.165) is 18.2 Å². The number of hydrogen-bond acceptors (Lipinski definition) is 3. The fourth-order valence-electron chi connectivity index (χ4n) is 2.86. The molecule has 0 bridgehead atoms. The first kappa shape index (κ1) is 9.94. The van der Waals surface area contributed by atoms with E-state index < -0.39 is 0 Å². The lowest BCUT2D eigenvalue weighted by atomic mass is 9.76. The van der Waals surface area contributed by atoms with E-state index in [1.165, 1.54) is 31.4 Å². The van der Waals surface area contributed by atoms with E-state index in [9.17, 15) is 0 Å². The molecule has 1 aliphatic heterocycles. The first-order valence-electron chi connectivity index (χ1n) is 6.24. The predicted octanol–water partition coefficient (Wildman–Crippen LogP) is 2.87. The van der Waals surface area contributed by atoms with Crippen LogP contribution in [-0.4, -0.2) is 17.1 Å². The molecule has 3 nitrogen and oxygen atoms in total. The highest BCUT2D eigenvalue weighted by Crippen LogP contribution is 2.39. The van der Waals surface area contributed by atoms with Crippen molar-refractivity contribution in [2.24, 2.45) is 5.92 Å². The first-order valence-corrected chi connectivity index (χ1v) is 6.24. The average Bonchev–Trinajstić information content (AvgIpc) is 2.33. The van der Waals surface area contributed by atoms with E-state index >= 15 is 0 Å². The lowest BCUT2D eigenvalue weighted by Gasteiger charge is -2.44. The zero-order valence-electron chi connectivity index (χ0n) is 9.79. The van der Waals surface area contributed by atoms with Crippen molar-refractivity contribution >= 4 is 11.4 Å². The molecule has 1 aromatic heterocycles. The zero-order valence-corrected chi connectivity index (χ0v) is 9.79. The van der Waals surface area contributed by atoms with Gasteiger partial charge in [-0.3, -0.25) is 4.98 Å². The van der Waals surface area contributed by atoms with Gasteiger partial charge in [-0.05, 0) is 37.7 Å². The minimum Gasteiger partial charge on any atom is -0.380 e. The van der Waals surface area contributed by atoms with Gasteiger partial charge in [0.05, 0.1) is 23.1 Å². The van der Waals surface area contributed by atoms with E-state index in [0.29, 0.717) is 5.54 Å². The Bertz CT molecular complexity index is 381. The molecule has 3 rings (SSSR count). The average molecular weight is 217 g/mol. The maximum atomic E-state index is 4.14. The van der Waals surface area contributed by atoms with Crippen molar-refractivity contribution in [2.75, 3.05) is 17.2 Å². The van der Waals surface area contributed by atoms with Gasteiger partial charge in [0.1, 0.15) is 0 Å². The molecule has 2 N–H and O–H groups in total. The van der Waals surface area contributed by atoms with Crippen LogP contribution in [0.25, 0.3) is 0 Å². The van der Waals surface area contributed by atoms with Gasteiger partial charge < -0.3 is 10.6 Å². The van der Waals surface area contributed by atoms with Crippen molar-refractivity contribution in [1.82, 2.24) is 4.98 Å². The summed E-state index contributed by atoms with van der Waals surface area (Å²) in [5.41, 5.74) is 2.66. The highest BCUT2D eigenvalue weighted by Gasteiger charge is 2.36. The third kappa shape index (κ3) is 1.64. The molecule has 1 aromatic rings. The van der Waals surface area contributed by atoms with Crippen molar-refractivity contribution in [3.8, 4) is 0 Å². The van der Waals surface area contributed by atoms with Crippen molar-refractivity contribution < 1.29 is 0 Å². The Balaban J connectivity index is 1.82. The Morgan fingerprint density at radius 1 is 1.31 bits per heavy atom. The number of rotatable bonds is 0. The second-order valence-electron chi connectivity index (χ2n) is 5.36. The molecule has 1 aliphatic carbocycles. The fraction of sp³-hybridized carbons (Fsp3) is 0.615. The van der Waals surface area contributed by atoms with Crippen LogP contribution >= 0.6 is 0 Å². The smallest absolute Gasteiger partial charge is 0.0763 e. The SMILES string of the molecule is CC1CCC2(CC1)CNc1cnccc1N2. The summed E-state index contributed by atoms with van der Waals surface area (Å²) in [4.78, 5) is 4.14. The molecular formula is C13H19N3. The van der Waals surface area contributed by atoms with E-state index in [-0.39, 0.29) is 0 Å². The zero-order chi connectivity index (χ0) is 11.0. The molecule has 0 aromatic carbocycles. The van der Waals surface area contributed by atoms with Gasteiger partial charge in [-0.1, -0.05) is 6.92 Å². The maximum absolute atomic E-state index is 4.14. The highest BCUT2D eigenvalue weighted by atomic mass is 15.1. The summed E-state index contributed by atoms with van der Waals surface area (Å²) in [5.74, 6) is 0.895. The van der Waals surface area contributed by atoms with Crippen LogP contribution in [0.1, 0.15) is 32.6 Å². The summed E-state index contributed by atoms with van der Waals surface area (Å²) in [7, 11) is 0. The van der Waals surface area contributed by atoms with Gasteiger partial charge in [-0.25, -0.2) is 0 Å². The molecule has 0 amide bonds. The van der Waals surface area contributed by atoms with Crippen LogP contribution in [-0.2, 0) is 0 Å². The molecule has 0 unspecified atom stereocenters. The van der Waals surface area contributed by atoms with Crippen molar-refractivity contribution in [3.63, 3.8) is 0 Å². The van der Waals surface area contributed by atoms with E-state index in [1.54, 1.807) is 0 Å². The summed E-state index contributed by atoms with van der Waals surface area (Å²) in [6, 6.07) is 2.07. The summed E-state index contributed by atoms with van der Waals surface area (Å²) in [6.45, 7) is 3.40. The first-order chi connectivity index (χ1) is 7.77. The van der Waals surface area contributed by atoms with Crippen molar-refractivity contribution in [1.29, 1.82) is 0 Å². The van der Waals surface area contributed by atoms with Crippen LogP contribution in [0.3, 0.4) is 0 Å². The third-order valence-corrected chi connectivity index (χ3v) is 4.07. The monoisotopic (exact) mass is 217 g/mol. The van der Waals surface area contributed by atoms with Gasteiger partial charge in [0.15, 0.2) is 0 Å². The van der Waals surface area contributed by atoms with Gasteiger partial charge in [0.25, 0.3) is 0 Å². The number of nitrogens with one attached hydrogen (secondary N) is 2. The Kier molecular flexibility index (Phi) is 2.27. The molecule has 16 heavy (non-hydrogen) atoms. The molecule has 2 heterocycles. The molecule has 0 atom stereocenters. The maximum Gasteiger partial charge on any atom is 0.0763 e. The second kappa shape index (κ2) is 3.65. The molecule has 0 saturated heterocycles. The van der Waals surface area contributed by atoms with Crippen LogP contribution in [0, 0.1) is 5.92 Å². The lowest BCUT2D eigenvalue weighted by Crippen LogP contribution is -2.49. The van der Waals surface area contributed by atoms with Crippen LogP contribution in [0.5, 0.6) is 0 Å². The van der Waals surface area contributed by atoms with Crippen LogP contribution < -0.4 is 10.6 Å².